The molecule has 1 saturated heterocycles. The number of hydrogen-bond acceptors (Lipinski definition) is 6. The fraction of sp³-hybridized carbons (Fsp3) is 0.647. The average Bonchev–Trinajstić information content (AvgIpc) is 3.14. The number of carbonyl (C=O) groups excluding carboxylic acids is 2. The molecule has 0 bridgehead atoms. The van der Waals surface area contributed by atoms with Crippen molar-refractivity contribution in [2.75, 3.05) is 31.1 Å². The summed E-state index contributed by atoms with van der Waals surface area (Å²) in [4.78, 5) is 37.0. The summed E-state index contributed by atoms with van der Waals surface area (Å²) >= 11 is 0. The number of imide groups is 1. The summed E-state index contributed by atoms with van der Waals surface area (Å²) in [5.74, 6) is 0.468. The van der Waals surface area contributed by atoms with Crippen molar-refractivity contribution >= 4 is 17.9 Å². The minimum absolute atomic E-state index is 0.206. The van der Waals surface area contributed by atoms with Gasteiger partial charge in [0.05, 0.1) is 6.04 Å². The van der Waals surface area contributed by atoms with Crippen molar-refractivity contribution in [3.05, 3.63) is 18.5 Å². The summed E-state index contributed by atoms with van der Waals surface area (Å²) < 4.78 is 0. The third-order valence-electron chi connectivity index (χ3n) is 5.00. The third kappa shape index (κ3) is 4.66. The Morgan fingerprint density at radius 3 is 2.40 bits per heavy atom. The number of urea groups is 1. The number of rotatable bonds is 4. The molecule has 1 aliphatic carbocycles. The third-order valence-corrected chi connectivity index (χ3v) is 5.00. The van der Waals surface area contributed by atoms with Crippen molar-refractivity contribution in [2.45, 2.75) is 44.7 Å². The largest absolute Gasteiger partial charge is 0.338 e. The van der Waals surface area contributed by atoms with Gasteiger partial charge in [-0.15, -0.1) is 0 Å². The number of nitrogens with zero attached hydrogens (tertiary/aromatic N) is 4. The van der Waals surface area contributed by atoms with E-state index in [4.69, 9.17) is 0 Å². The van der Waals surface area contributed by atoms with Crippen LogP contribution in [0.3, 0.4) is 0 Å². The van der Waals surface area contributed by atoms with E-state index in [9.17, 15) is 9.59 Å². The lowest BCUT2D eigenvalue weighted by Crippen LogP contribution is -2.56. The van der Waals surface area contributed by atoms with Gasteiger partial charge in [-0.05, 0) is 25.8 Å². The first kappa shape index (κ1) is 17.6. The van der Waals surface area contributed by atoms with Gasteiger partial charge in [-0.3, -0.25) is 15.0 Å². The van der Waals surface area contributed by atoms with Crippen molar-refractivity contribution < 1.29 is 9.59 Å². The molecule has 0 unspecified atom stereocenters. The molecule has 2 N–H and O–H groups in total. The number of nitrogens with one attached hydrogen (secondary N) is 2. The number of hydrogen-bond donors (Lipinski definition) is 2. The van der Waals surface area contributed by atoms with Crippen LogP contribution < -0.4 is 15.5 Å². The van der Waals surface area contributed by atoms with Gasteiger partial charge in [-0.25, -0.2) is 14.8 Å². The van der Waals surface area contributed by atoms with Gasteiger partial charge >= 0.3 is 6.03 Å². The lowest BCUT2D eigenvalue weighted by atomic mass is 10.2. The van der Waals surface area contributed by atoms with E-state index in [0.717, 1.165) is 57.8 Å². The van der Waals surface area contributed by atoms with Gasteiger partial charge in [0.1, 0.15) is 0 Å². The molecule has 8 heteroatoms. The molecule has 2 fully saturated rings. The zero-order chi connectivity index (χ0) is 17.6. The highest BCUT2D eigenvalue weighted by Crippen LogP contribution is 2.17. The molecular weight excluding hydrogens is 320 g/mol. The van der Waals surface area contributed by atoms with Gasteiger partial charge in [0, 0.05) is 44.6 Å². The molecule has 3 rings (SSSR count). The number of amides is 3. The number of anilines is 1. The minimum Gasteiger partial charge on any atom is -0.338 e. The fourth-order valence-corrected chi connectivity index (χ4v) is 3.44. The molecule has 0 spiro atoms. The van der Waals surface area contributed by atoms with Crippen molar-refractivity contribution in [3.63, 3.8) is 0 Å². The SMILES string of the molecule is C[C@H](C(=O)NC(=O)NC1CCCC1)N1CCN(c2ncccn2)CC1. The molecule has 8 nitrogen and oxygen atoms in total. The molecule has 0 radical (unpaired) electrons. The fourth-order valence-electron chi connectivity index (χ4n) is 3.44. The zero-order valence-corrected chi connectivity index (χ0v) is 14.6. The number of piperazine rings is 1. The van der Waals surface area contributed by atoms with Gasteiger partial charge in [-0.2, -0.15) is 0 Å². The van der Waals surface area contributed by atoms with Gasteiger partial charge < -0.3 is 10.2 Å². The van der Waals surface area contributed by atoms with Crippen LogP contribution in [-0.4, -0.2) is 65.1 Å². The summed E-state index contributed by atoms with van der Waals surface area (Å²) in [5, 5.41) is 5.36. The molecule has 1 saturated carbocycles. The van der Waals surface area contributed by atoms with E-state index in [1.165, 1.54) is 0 Å². The molecule has 3 amide bonds. The zero-order valence-electron chi connectivity index (χ0n) is 14.6. The summed E-state index contributed by atoms with van der Waals surface area (Å²) in [6.45, 7) is 4.83. The molecule has 1 aromatic rings. The van der Waals surface area contributed by atoms with Crippen LogP contribution in [0.1, 0.15) is 32.6 Å². The van der Waals surface area contributed by atoms with Crippen LogP contribution in [0.25, 0.3) is 0 Å². The van der Waals surface area contributed by atoms with E-state index < -0.39 is 0 Å². The van der Waals surface area contributed by atoms with Crippen LogP contribution in [0.5, 0.6) is 0 Å². The van der Waals surface area contributed by atoms with Crippen LogP contribution in [-0.2, 0) is 4.79 Å². The van der Waals surface area contributed by atoms with Crippen molar-refractivity contribution in [1.82, 2.24) is 25.5 Å². The summed E-state index contributed by atoms with van der Waals surface area (Å²) in [6.07, 6.45) is 7.75. The lowest BCUT2D eigenvalue weighted by molar-refractivity contribution is -0.124. The molecular formula is C17H26N6O2. The topological polar surface area (TPSA) is 90.5 Å². The summed E-state index contributed by atoms with van der Waals surface area (Å²) in [5.41, 5.74) is 0. The first-order valence-corrected chi connectivity index (χ1v) is 9.01. The second-order valence-electron chi connectivity index (χ2n) is 6.69. The maximum atomic E-state index is 12.3. The molecule has 1 aromatic heterocycles. The average molecular weight is 346 g/mol. The molecule has 1 atom stereocenters. The predicted molar refractivity (Wildman–Crippen MR) is 94.2 cm³/mol. The molecule has 2 aliphatic rings. The maximum Gasteiger partial charge on any atom is 0.321 e. The molecule has 25 heavy (non-hydrogen) atoms. The Kier molecular flexibility index (Phi) is 5.80. The smallest absolute Gasteiger partial charge is 0.321 e. The lowest BCUT2D eigenvalue weighted by Gasteiger charge is -2.37. The second-order valence-corrected chi connectivity index (χ2v) is 6.69. The Morgan fingerprint density at radius 2 is 1.76 bits per heavy atom. The van der Waals surface area contributed by atoms with Crippen LogP contribution in [0, 0.1) is 0 Å². The highest BCUT2D eigenvalue weighted by Gasteiger charge is 2.28. The standard InChI is InChI=1S/C17H26N6O2/c1-13(15(24)21-17(25)20-14-5-2-3-6-14)22-9-11-23(12-10-22)16-18-7-4-8-19-16/h4,7-8,13-14H,2-3,5-6,9-12H2,1H3,(H2,20,21,24,25)/t13-/m1/s1. The molecule has 0 aromatic carbocycles. The van der Waals surface area contributed by atoms with Gasteiger partial charge in [0.25, 0.3) is 0 Å². The summed E-state index contributed by atoms with van der Waals surface area (Å²) in [6, 6.07) is 1.29. The Labute approximate surface area is 148 Å². The summed E-state index contributed by atoms with van der Waals surface area (Å²) in [7, 11) is 0. The van der Waals surface area contributed by atoms with E-state index >= 15 is 0 Å². The van der Waals surface area contributed by atoms with E-state index in [0.29, 0.717) is 0 Å². The first-order chi connectivity index (χ1) is 12.1. The van der Waals surface area contributed by atoms with E-state index in [1.54, 1.807) is 18.5 Å². The quantitative estimate of drug-likeness (QED) is 0.836. The van der Waals surface area contributed by atoms with Crippen molar-refractivity contribution in [2.24, 2.45) is 0 Å². The highest BCUT2D eigenvalue weighted by atomic mass is 16.2. The van der Waals surface area contributed by atoms with E-state index in [1.807, 2.05) is 6.92 Å². The molecule has 1 aliphatic heterocycles. The Balaban J connectivity index is 1.44. The maximum absolute atomic E-state index is 12.3. The van der Waals surface area contributed by atoms with Gasteiger partial charge in [0.2, 0.25) is 11.9 Å². The van der Waals surface area contributed by atoms with Crippen molar-refractivity contribution in [1.29, 1.82) is 0 Å². The Morgan fingerprint density at radius 1 is 1.12 bits per heavy atom. The van der Waals surface area contributed by atoms with Crippen LogP contribution >= 0.6 is 0 Å². The predicted octanol–water partition coefficient (Wildman–Crippen LogP) is 0.756. The minimum atomic E-state index is -0.375. The van der Waals surface area contributed by atoms with E-state index in [-0.39, 0.29) is 24.0 Å². The molecule has 136 valence electrons. The number of aromatic nitrogens is 2. The second kappa shape index (κ2) is 8.24. The monoisotopic (exact) mass is 346 g/mol. The Bertz CT molecular complexity index is 582. The molecule has 2 heterocycles. The van der Waals surface area contributed by atoms with Crippen LogP contribution in [0.15, 0.2) is 18.5 Å². The Hall–Kier alpha value is -2.22. The van der Waals surface area contributed by atoms with Gasteiger partial charge in [-0.1, -0.05) is 12.8 Å². The van der Waals surface area contributed by atoms with Crippen LogP contribution in [0.4, 0.5) is 10.7 Å². The van der Waals surface area contributed by atoms with E-state index in [2.05, 4.69) is 30.4 Å². The first-order valence-electron chi connectivity index (χ1n) is 9.01. The van der Waals surface area contributed by atoms with Crippen molar-refractivity contribution in [3.8, 4) is 0 Å². The number of carbonyl (C=O) groups is 2. The van der Waals surface area contributed by atoms with Gasteiger partial charge in [0.15, 0.2) is 0 Å². The normalized spacial score (nSPS) is 20.3. The highest BCUT2D eigenvalue weighted by molar-refractivity contribution is 5.96. The van der Waals surface area contributed by atoms with Crippen LogP contribution in [0.2, 0.25) is 0 Å².